The van der Waals surface area contributed by atoms with Gasteiger partial charge in [-0.05, 0) is 38.2 Å². The van der Waals surface area contributed by atoms with Gasteiger partial charge in [-0.15, -0.1) is 0 Å². The molecule has 10 heteroatoms. The van der Waals surface area contributed by atoms with Crippen LogP contribution in [0.5, 0.6) is 0 Å². The Labute approximate surface area is 148 Å². The van der Waals surface area contributed by atoms with Gasteiger partial charge in [0.15, 0.2) is 5.11 Å². The second-order valence-electron chi connectivity index (χ2n) is 5.59. The quantitative estimate of drug-likeness (QED) is 0.382. The molecule has 1 saturated heterocycles. The van der Waals surface area contributed by atoms with Crippen LogP contribution in [0.2, 0.25) is 0 Å². The van der Waals surface area contributed by atoms with E-state index in [9.17, 15) is 14.9 Å². The monoisotopic (exact) mass is 361 g/mol. The Balaban J connectivity index is 1.82. The third-order valence-electron chi connectivity index (χ3n) is 3.88. The molecule has 0 radical (unpaired) electrons. The summed E-state index contributed by atoms with van der Waals surface area (Å²) in [5, 5.41) is 18.4. The molecule has 0 bridgehead atoms. The summed E-state index contributed by atoms with van der Waals surface area (Å²) in [6, 6.07) is 3.44. The van der Waals surface area contributed by atoms with Crippen molar-refractivity contribution in [3.05, 3.63) is 50.9 Å². The van der Waals surface area contributed by atoms with E-state index in [0.717, 1.165) is 0 Å². The van der Waals surface area contributed by atoms with E-state index in [0.29, 0.717) is 33.7 Å². The highest BCUT2D eigenvalue weighted by Gasteiger charge is 2.27. The number of thiocarbonyl (C=S) groups is 1. The summed E-state index contributed by atoms with van der Waals surface area (Å²) >= 11 is 5.01. The van der Waals surface area contributed by atoms with Crippen LogP contribution in [0.15, 0.2) is 22.2 Å². The maximum Gasteiger partial charge on any atom is 0.312 e. The zero-order valence-electron chi connectivity index (χ0n) is 13.8. The van der Waals surface area contributed by atoms with Crippen LogP contribution >= 0.6 is 12.2 Å². The van der Waals surface area contributed by atoms with Gasteiger partial charge in [-0.1, -0.05) is 0 Å². The summed E-state index contributed by atoms with van der Waals surface area (Å²) in [5.41, 5.74) is 1.15. The largest absolute Gasteiger partial charge is 0.460 e. The molecule has 0 spiro atoms. The topological polar surface area (TPSA) is 106 Å². The molecular weight excluding hydrogens is 346 g/mol. The Hall–Kier alpha value is -3.01. The van der Waals surface area contributed by atoms with Crippen LogP contribution in [0.1, 0.15) is 22.9 Å². The van der Waals surface area contributed by atoms with Crippen LogP contribution in [-0.4, -0.2) is 37.7 Å². The summed E-state index contributed by atoms with van der Waals surface area (Å²) in [6.07, 6.45) is 1.56. The maximum atomic E-state index is 12.0. The molecule has 1 N–H and O–H groups in total. The number of amides is 1. The zero-order chi connectivity index (χ0) is 18.3. The summed E-state index contributed by atoms with van der Waals surface area (Å²) in [4.78, 5) is 23.9. The Bertz CT molecular complexity index is 926. The normalized spacial score (nSPS) is 16.0. The first-order chi connectivity index (χ1) is 11.8. The molecule has 2 aromatic heterocycles. The van der Waals surface area contributed by atoms with Gasteiger partial charge >= 0.3 is 5.69 Å². The minimum Gasteiger partial charge on any atom is -0.460 e. The average molecular weight is 361 g/mol. The fourth-order valence-corrected chi connectivity index (χ4v) is 2.77. The number of furan rings is 1. The van der Waals surface area contributed by atoms with Gasteiger partial charge in [-0.3, -0.25) is 24.5 Å². The molecule has 0 saturated carbocycles. The average Bonchev–Trinajstić information content (AvgIpc) is 3.15. The summed E-state index contributed by atoms with van der Waals surface area (Å²) in [5.74, 6) is 0.797. The number of aryl methyl sites for hydroxylation is 1. The van der Waals surface area contributed by atoms with Crippen molar-refractivity contribution in [2.45, 2.75) is 20.4 Å². The molecule has 9 nitrogen and oxygen atoms in total. The van der Waals surface area contributed by atoms with Gasteiger partial charge in [0.2, 0.25) is 0 Å². The number of nitrogens with zero attached hydrogens (tertiary/aromatic N) is 4. The highest BCUT2D eigenvalue weighted by Crippen LogP contribution is 2.23. The number of likely N-dealkylation sites (N-methyl/N-ethyl adjacent to an activating group) is 1. The minimum atomic E-state index is -0.442. The second-order valence-corrected chi connectivity index (χ2v) is 5.98. The van der Waals surface area contributed by atoms with Crippen molar-refractivity contribution in [1.29, 1.82) is 0 Å². The third kappa shape index (κ3) is 3.03. The Kier molecular flexibility index (Phi) is 4.13. The van der Waals surface area contributed by atoms with Crippen LogP contribution < -0.4 is 5.32 Å². The van der Waals surface area contributed by atoms with Crippen molar-refractivity contribution in [2.75, 3.05) is 7.05 Å². The van der Waals surface area contributed by atoms with Gasteiger partial charge in [0.25, 0.3) is 5.91 Å². The van der Waals surface area contributed by atoms with E-state index in [1.807, 2.05) is 0 Å². The number of carbonyl (C=O) groups is 1. The van der Waals surface area contributed by atoms with Gasteiger partial charge < -0.3 is 9.73 Å². The second kappa shape index (κ2) is 6.13. The van der Waals surface area contributed by atoms with Gasteiger partial charge in [-0.25, -0.2) is 0 Å². The molecule has 130 valence electrons. The molecule has 1 aliphatic heterocycles. The predicted octanol–water partition coefficient (Wildman–Crippen LogP) is 1.74. The molecule has 0 atom stereocenters. The molecule has 1 aliphatic rings. The smallest absolute Gasteiger partial charge is 0.312 e. The number of hydrogen-bond acceptors (Lipinski definition) is 6. The summed E-state index contributed by atoms with van der Waals surface area (Å²) in [7, 11) is 1.59. The standard InChI is InChI=1S/C15H15N5O4S/c1-8-13(20(22)23)9(2)19(17-8)7-11-5-4-10(24-11)6-12-14(21)18(3)15(25)16-12/h4-6H,7H2,1-3H3,(H,16,25)/b12-6+. The van der Waals surface area contributed by atoms with E-state index in [-0.39, 0.29) is 18.1 Å². The van der Waals surface area contributed by atoms with Gasteiger partial charge in [0, 0.05) is 13.1 Å². The first-order valence-electron chi connectivity index (χ1n) is 7.35. The first kappa shape index (κ1) is 16.8. The molecule has 2 aromatic rings. The van der Waals surface area contributed by atoms with Crippen LogP contribution in [0.4, 0.5) is 5.69 Å². The lowest BCUT2D eigenvalue weighted by Gasteiger charge is -2.02. The lowest BCUT2D eigenvalue weighted by Crippen LogP contribution is -2.25. The molecule has 0 aliphatic carbocycles. The number of aromatic nitrogens is 2. The molecule has 25 heavy (non-hydrogen) atoms. The Morgan fingerprint density at radius 1 is 1.44 bits per heavy atom. The van der Waals surface area contributed by atoms with Crippen molar-refractivity contribution in [3.63, 3.8) is 0 Å². The predicted molar refractivity (Wildman–Crippen MR) is 92.6 cm³/mol. The zero-order valence-corrected chi connectivity index (χ0v) is 14.6. The van der Waals surface area contributed by atoms with Crippen LogP contribution in [-0.2, 0) is 11.3 Å². The first-order valence-corrected chi connectivity index (χ1v) is 7.76. The number of rotatable bonds is 4. The van der Waals surface area contributed by atoms with Crippen molar-refractivity contribution in [3.8, 4) is 0 Å². The molecule has 0 aromatic carbocycles. The van der Waals surface area contributed by atoms with E-state index in [1.165, 1.54) is 9.58 Å². The van der Waals surface area contributed by atoms with E-state index in [2.05, 4.69) is 10.4 Å². The molecule has 1 fully saturated rings. The van der Waals surface area contributed by atoms with Gasteiger partial charge in [-0.2, -0.15) is 5.10 Å². The van der Waals surface area contributed by atoms with Crippen LogP contribution in [0.3, 0.4) is 0 Å². The number of nitrogens with one attached hydrogen (secondary N) is 1. The summed E-state index contributed by atoms with van der Waals surface area (Å²) in [6.45, 7) is 3.49. The minimum absolute atomic E-state index is 0.00574. The molecule has 3 heterocycles. The number of nitro groups is 1. The summed E-state index contributed by atoms with van der Waals surface area (Å²) < 4.78 is 7.19. The fourth-order valence-electron chi connectivity index (χ4n) is 2.58. The van der Waals surface area contributed by atoms with Crippen molar-refractivity contribution >= 4 is 35.0 Å². The van der Waals surface area contributed by atoms with Crippen molar-refractivity contribution in [2.24, 2.45) is 0 Å². The molecule has 0 unspecified atom stereocenters. The maximum absolute atomic E-state index is 12.0. The van der Waals surface area contributed by atoms with Crippen molar-refractivity contribution < 1.29 is 14.1 Å². The van der Waals surface area contributed by atoms with Gasteiger partial charge in [0.05, 0.1) is 11.5 Å². The third-order valence-corrected chi connectivity index (χ3v) is 4.26. The van der Waals surface area contributed by atoms with Crippen LogP contribution in [0.25, 0.3) is 6.08 Å². The van der Waals surface area contributed by atoms with Crippen LogP contribution in [0, 0.1) is 24.0 Å². The highest BCUT2D eigenvalue weighted by atomic mass is 32.1. The Morgan fingerprint density at radius 2 is 2.16 bits per heavy atom. The molecule has 3 rings (SSSR count). The van der Waals surface area contributed by atoms with Crippen molar-refractivity contribution in [1.82, 2.24) is 20.0 Å². The number of hydrogen-bond donors (Lipinski definition) is 1. The van der Waals surface area contributed by atoms with E-state index < -0.39 is 4.92 Å². The highest BCUT2D eigenvalue weighted by molar-refractivity contribution is 7.80. The lowest BCUT2D eigenvalue weighted by atomic mass is 10.3. The van der Waals surface area contributed by atoms with E-state index >= 15 is 0 Å². The SMILES string of the molecule is Cc1nn(Cc2ccc(/C=C3/NC(=S)N(C)C3=O)o2)c(C)c1[N+](=O)[O-]. The van der Waals surface area contributed by atoms with Gasteiger partial charge in [0.1, 0.15) is 28.6 Å². The van der Waals surface area contributed by atoms with E-state index in [4.69, 9.17) is 16.6 Å². The molecular formula is C15H15N5O4S. The molecule has 1 amide bonds. The van der Waals surface area contributed by atoms with E-state index in [1.54, 1.807) is 39.1 Å². The number of carbonyl (C=O) groups excluding carboxylic acids is 1. The lowest BCUT2D eigenvalue weighted by molar-refractivity contribution is -0.386. The fraction of sp³-hybridized carbons (Fsp3) is 0.267. The Morgan fingerprint density at radius 3 is 2.72 bits per heavy atom.